The van der Waals surface area contributed by atoms with Crippen LogP contribution in [0, 0.1) is 5.92 Å². The second-order valence-electron chi connectivity index (χ2n) is 12.2. The monoisotopic (exact) mass is 611 g/mol. The zero-order chi connectivity index (χ0) is 32.3. The van der Waals surface area contributed by atoms with Crippen molar-refractivity contribution in [3.05, 3.63) is 66.2 Å². The van der Waals surface area contributed by atoms with Crippen LogP contribution in [0.4, 0.5) is 4.79 Å². The molecule has 3 amide bonds. The number of para-hydroxylation sites is 1. The number of esters is 1. The van der Waals surface area contributed by atoms with Crippen molar-refractivity contribution >= 4 is 23.9 Å². The van der Waals surface area contributed by atoms with Crippen molar-refractivity contribution in [1.82, 2.24) is 15.5 Å². The first-order valence-electron chi connectivity index (χ1n) is 15.0. The number of rotatable bonds is 13. The summed E-state index contributed by atoms with van der Waals surface area (Å²) in [6, 6.07) is 15.2. The van der Waals surface area contributed by atoms with Crippen molar-refractivity contribution in [3.63, 3.8) is 0 Å². The van der Waals surface area contributed by atoms with Crippen molar-refractivity contribution in [2.75, 3.05) is 13.2 Å². The van der Waals surface area contributed by atoms with Gasteiger partial charge in [0.15, 0.2) is 0 Å². The fourth-order valence-corrected chi connectivity index (χ4v) is 4.83. The highest BCUT2D eigenvalue weighted by molar-refractivity contribution is 5.92. The molecule has 4 atom stereocenters. The van der Waals surface area contributed by atoms with Gasteiger partial charge in [-0.3, -0.25) is 14.4 Å². The quantitative estimate of drug-likeness (QED) is 0.292. The number of nitrogens with zero attached hydrogens (tertiary/aromatic N) is 1. The molecule has 1 aliphatic rings. The number of carbonyl (C=O) groups is 4. The van der Waals surface area contributed by atoms with E-state index in [0.717, 1.165) is 5.56 Å². The molecule has 11 heteroatoms. The number of ether oxygens (including phenoxy) is 3. The second-order valence-corrected chi connectivity index (χ2v) is 12.2. The third kappa shape index (κ3) is 10.9. The van der Waals surface area contributed by atoms with E-state index in [-0.39, 0.29) is 25.6 Å². The summed E-state index contributed by atoms with van der Waals surface area (Å²) >= 11 is 0. The van der Waals surface area contributed by atoms with E-state index in [1.807, 2.05) is 36.4 Å². The Bertz CT molecular complexity index is 1230. The zero-order valence-electron chi connectivity index (χ0n) is 26.2. The lowest BCUT2D eigenvalue weighted by atomic mass is 10.0. The maximum Gasteiger partial charge on any atom is 0.408 e. The minimum absolute atomic E-state index is 0.0514. The number of hydrogen-bond donors (Lipinski definition) is 3. The molecule has 3 N–H and O–H groups in total. The highest BCUT2D eigenvalue weighted by Gasteiger charge is 2.40. The van der Waals surface area contributed by atoms with E-state index in [9.17, 15) is 24.3 Å². The summed E-state index contributed by atoms with van der Waals surface area (Å²) in [5, 5.41) is 16.4. The molecular formula is C33H45N3O8. The van der Waals surface area contributed by atoms with Crippen LogP contribution in [0.25, 0.3) is 0 Å². The number of carbonyl (C=O) groups excluding carboxylic acids is 4. The number of alkyl carbamates (subject to hydrolysis) is 1. The summed E-state index contributed by atoms with van der Waals surface area (Å²) in [4.78, 5) is 53.9. The molecule has 0 aromatic heterocycles. The Labute approximate surface area is 259 Å². The minimum Gasteiger partial charge on any atom is -0.491 e. The molecule has 11 nitrogen and oxygen atoms in total. The van der Waals surface area contributed by atoms with Gasteiger partial charge in [-0.15, -0.1) is 0 Å². The van der Waals surface area contributed by atoms with Gasteiger partial charge in [-0.25, -0.2) is 4.79 Å². The van der Waals surface area contributed by atoms with Gasteiger partial charge in [-0.1, -0.05) is 62.4 Å². The molecular weight excluding hydrogens is 566 g/mol. The third-order valence-corrected chi connectivity index (χ3v) is 7.02. The molecule has 0 saturated carbocycles. The van der Waals surface area contributed by atoms with E-state index in [0.29, 0.717) is 25.1 Å². The number of amides is 3. The number of likely N-dealkylation sites (tertiary alicyclic amines) is 1. The van der Waals surface area contributed by atoms with Gasteiger partial charge >= 0.3 is 12.1 Å². The minimum atomic E-state index is -1.25. The van der Waals surface area contributed by atoms with E-state index in [4.69, 9.17) is 14.2 Å². The summed E-state index contributed by atoms with van der Waals surface area (Å²) in [7, 11) is 0. The number of aliphatic hydroxyl groups excluding tert-OH is 1. The predicted molar refractivity (Wildman–Crippen MR) is 163 cm³/mol. The predicted octanol–water partition coefficient (Wildman–Crippen LogP) is 3.58. The summed E-state index contributed by atoms with van der Waals surface area (Å²) in [5.41, 5.74) is 0.0519. The summed E-state index contributed by atoms with van der Waals surface area (Å²) < 4.78 is 16.4. The SMILES string of the molecule is CC(C)[C@H](NC(=O)OCc1ccccc1)C(=O)N1CCC[C@H]1C(=O)N[C@@H](CC(=O)OC(C)(C)C)C(O)COc1ccccc1. The number of nitrogens with one attached hydrogen (secondary N) is 2. The molecule has 0 spiro atoms. The van der Waals surface area contributed by atoms with Crippen molar-refractivity contribution < 1.29 is 38.5 Å². The molecule has 1 fully saturated rings. The van der Waals surface area contributed by atoms with E-state index in [1.165, 1.54) is 4.90 Å². The van der Waals surface area contributed by atoms with Gasteiger partial charge in [0, 0.05) is 6.54 Å². The normalized spacial score (nSPS) is 16.9. The van der Waals surface area contributed by atoms with Gasteiger partial charge < -0.3 is 34.9 Å². The van der Waals surface area contributed by atoms with Crippen LogP contribution in [0.3, 0.4) is 0 Å². The van der Waals surface area contributed by atoms with Gasteiger partial charge in [-0.2, -0.15) is 0 Å². The molecule has 1 heterocycles. The number of benzene rings is 2. The average Bonchev–Trinajstić information content (AvgIpc) is 3.47. The number of hydrogen-bond acceptors (Lipinski definition) is 8. The Kier molecular flexibility index (Phi) is 12.6. The molecule has 1 saturated heterocycles. The maximum atomic E-state index is 13.7. The van der Waals surface area contributed by atoms with E-state index in [2.05, 4.69) is 10.6 Å². The third-order valence-electron chi connectivity index (χ3n) is 7.02. The van der Waals surface area contributed by atoms with Crippen LogP contribution in [0.2, 0.25) is 0 Å². The molecule has 3 rings (SSSR count). The van der Waals surface area contributed by atoms with Crippen LogP contribution >= 0.6 is 0 Å². The summed E-state index contributed by atoms with van der Waals surface area (Å²) in [5.74, 6) is -1.29. The molecule has 0 bridgehead atoms. The first-order chi connectivity index (χ1) is 20.8. The van der Waals surface area contributed by atoms with E-state index < -0.39 is 53.7 Å². The van der Waals surface area contributed by atoms with Crippen molar-refractivity contribution in [2.24, 2.45) is 5.92 Å². The van der Waals surface area contributed by atoms with Gasteiger partial charge in [-0.05, 0) is 57.2 Å². The largest absolute Gasteiger partial charge is 0.491 e. The molecule has 1 aliphatic heterocycles. The van der Waals surface area contributed by atoms with Crippen molar-refractivity contribution in [3.8, 4) is 5.75 Å². The molecule has 2 aromatic carbocycles. The average molecular weight is 612 g/mol. The van der Waals surface area contributed by atoms with E-state index >= 15 is 0 Å². The van der Waals surface area contributed by atoms with Crippen molar-refractivity contribution in [1.29, 1.82) is 0 Å². The smallest absolute Gasteiger partial charge is 0.408 e. The van der Waals surface area contributed by atoms with Gasteiger partial charge in [0.05, 0.1) is 12.5 Å². The fourth-order valence-electron chi connectivity index (χ4n) is 4.83. The Balaban J connectivity index is 1.67. The van der Waals surface area contributed by atoms with Crippen LogP contribution in [-0.2, 0) is 30.5 Å². The first kappa shape index (κ1) is 34.4. The standard InChI is InChI=1S/C33H45N3O8/c1-22(2)29(35-32(41)43-20-23-13-8-6-9-14-23)31(40)36-18-12-17-26(36)30(39)34-25(19-28(38)44-33(3,4)5)27(37)21-42-24-15-10-7-11-16-24/h6-11,13-16,22,25-27,29,37H,12,17-21H2,1-5H3,(H,34,39)(H,35,41)/t25-,26-,27?,29-/m0/s1. The Morgan fingerprint density at radius 2 is 1.61 bits per heavy atom. The molecule has 1 unspecified atom stereocenters. The van der Waals surface area contributed by atoms with Crippen LogP contribution in [0.1, 0.15) is 59.4 Å². The van der Waals surface area contributed by atoms with Gasteiger partial charge in [0.1, 0.15) is 42.8 Å². The maximum absolute atomic E-state index is 13.7. The Morgan fingerprint density at radius 1 is 0.977 bits per heavy atom. The van der Waals surface area contributed by atoms with Gasteiger partial charge in [0.2, 0.25) is 11.8 Å². The lowest BCUT2D eigenvalue weighted by molar-refractivity contribution is -0.156. The van der Waals surface area contributed by atoms with Crippen LogP contribution in [0.15, 0.2) is 60.7 Å². The molecule has 0 radical (unpaired) electrons. The Hall–Kier alpha value is -4.12. The fraction of sp³-hybridized carbons (Fsp3) is 0.515. The van der Waals surface area contributed by atoms with E-state index in [1.54, 1.807) is 58.9 Å². The van der Waals surface area contributed by atoms with Crippen LogP contribution in [-0.4, -0.2) is 76.9 Å². The highest BCUT2D eigenvalue weighted by Crippen LogP contribution is 2.22. The molecule has 240 valence electrons. The number of aliphatic hydroxyl groups is 1. The van der Waals surface area contributed by atoms with Crippen molar-refractivity contribution in [2.45, 2.75) is 90.3 Å². The highest BCUT2D eigenvalue weighted by atomic mass is 16.6. The van der Waals surface area contributed by atoms with Gasteiger partial charge in [0.25, 0.3) is 0 Å². The lowest BCUT2D eigenvalue weighted by Gasteiger charge is -2.32. The van der Waals surface area contributed by atoms with Crippen LogP contribution in [0.5, 0.6) is 5.75 Å². The lowest BCUT2D eigenvalue weighted by Crippen LogP contribution is -2.57. The van der Waals surface area contributed by atoms with Crippen LogP contribution < -0.4 is 15.4 Å². The first-order valence-corrected chi connectivity index (χ1v) is 15.0. The molecule has 44 heavy (non-hydrogen) atoms. The second kappa shape index (κ2) is 16.1. The zero-order valence-corrected chi connectivity index (χ0v) is 26.2. The molecule has 0 aliphatic carbocycles. The molecule has 2 aromatic rings. The Morgan fingerprint density at radius 3 is 2.23 bits per heavy atom. The topological polar surface area (TPSA) is 144 Å². The summed E-state index contributed by atoms with van der Waals surface area (Å²) in [6.07, 6.45) is -1.33. The summed E-state index contributed by atoms with van der Waals surface area (Å²) in [6.45, 7) is 8.96.